The van der Waals surface area contributed by atoms with Gasteiger partial charge >= 0.3 is 0 Å². The Morgan fingerprint density at radius 3 is 2.74 bits per heavy atom. The quantitative estimate of drug-likeness (QED) is 0.573. The van der Waals surface area contributed by atoms with Gasteiger partial charge in [0.15, 0.2) is 5.78 Å². The molecule has 1 aromatic carbocycles. The number of likely N-dealkylation sites (tertiary alicyclic amines) is 1. The molecule has 1 heterocycles. The minimum absolute atomic E-state index is 0.00295. The van der Waals surface area contributed by atoms with Gasteiger partial charge in [-0.15, -0.1) is 0 Å². The molecule has 5 heteroatoms. The fourth-order valence-electron chi connectivity index (χ4n) is 2.90. The summed E-state index contributed by atoms with van der Waals surface area (Å²) in [7, 11) is 0. The van der Waals surface area contributed by atoms with Gasteiger partial charge in [-0.25, -0.2) is 4.39 Å². The number of carbonyl (C=O) groups is 2. The highest BCUT2D eigenvalue weighted by Gasteiger charge is 2.28. The molecule has 1 aromatic rings. The van der Waals surface area contributed by atoms with Crippen LogP contribution in [0.5, 0.6) is 0 Å². The highest BCUT2D eigenvalue weighted by molar-refractivity contribution is 5.98. The number of halogens is 1. The van der Waals surface area contributed by atoms with E-state index in [0.717, 1.165) is 12.8 Å². The summed E-state index contributed by atoms with van der Waals surface area (Å²) in [6.07, 6.45) is 2.77. The summed E-state index contributed by atoms with van der Waals surface area (Å²) in [5.74, 6) is -0.459. The molecule has 1 atom stereocenters. The second kappa shape index (κ2) is 8.77. The molecule has 4 nitrogen and oxygen atoms in total. The van der Waals surface area contributed by atoms with Crippen molar-refractivity contribution >= 4 is 11.7 Å². The van der Waals surface area contributed by atoms with Crippen molar-refractivity contribution in [2.24, 2.45) is 5.92 Å². The zero-order valence-electron chi connectivity index (χ0n) is 13.6. The monoisotopic (exact) mass is 321 g/mol. The number of rotatable bonds is 7. The van der Waals surface area contributed by atoms with Crippen LogP contribution in [0.15, 0.2) is 24.3 Å². The summed E-state index contributed by atoms with van der Waals surface area (Å²) < 4.78 is 18.2. The average molecular weight is 321 g/mol. The molecule has 1 aliphatic heterocycles. The molecule has 1 aliphatic rings. The van der Waals surface area contributed by atoms with E-state index in [1.807, 2.05) is 6.92 Å². The van der Waals surface area contributed by atoms with E-state index in [4.69, 9.17) is 4.74 Å². The Morgan fingerprint density at radius 1 is 1.30 bits per heavy atom. The number of nitrogens with zero attached hydrogens (tertiary/aromatic N) is 1. The lowest BCUT2D eigenvalue weighted by atomic mass is 9.90. The van der Waals surface area contributed by atoms with E-state index in [1.54, 1.807) is 4.90 Å². The minimum atomic E-state index is -0.351. The van der Waals surface area contributed by atoms with E-state index >= 15 is 0 Å². The Balaban J connectivity index is 1.88. The summed E-state index contributed by atoms with van der Waals surface area (Å²) in [5, 5.41) is 0. The molecule has 0 spiro atoms. The number of ether oxygens (including phenoxy) is 1. The lowest BCUT2D eigenvalue weighted by molar-refractivity contribution is -0.133. The summed E-state index contributed by atoms with van der Waals surface area (Å²) in [4.78, 5) is 26.5. The van der Waals surface area contributed by atoms with Gasteiger partial charge in [0.1, 0.15) is 5.82 Å². The predicted molar refractivity (Wildman–Crippen MR) is 85.8 cm³/mol. The second-order valence-electron chi connectivity index (χ2n) is 5.85. The number of amides is 1. The second-order valence-corrected chi connectivity index (χ2v) is 5.85. The molecule has 126 valence electrons. The standard InChI is InChI=1S/C18H24FNO3/c1-2-23-12-4-6-17(21)20-11-3-5-15(13-20)18(22)14-7-9-16(19)10-8-14/h7-10,15H,2-6,11-13H2,1H3. The van der Waals surface area contributed by atoms with Gasteiger partial charge in [-0.3, -0.25) is 9.59 Å². The molecule has 0 saturated carbocycles. The van der Waals surface area contributed by atoms with Crippen LogP contribution >= 0.6 is 0 Å². The molecule has 2 rings (SSSR count). The molecule has 0 radical (unpaired) electrons. The van der Waals surface area contributed by atoms with Crippen molar-refractivity contribution in [3.8, 4) is 0 Å². The highest BCUT2D eigenvalue weighted by Crippen LogP contribution is 2.22. The molecule has 1 saturated heterocycles. The maximum Gasteiger partial charge on any atom is 0.222 e. The molecule has 1 amide bonds. The van der Waals surface area contributed by atoms with Crippen molar-refractivity contribution in [1.82, 2.24) is 4.90 Å². The van der Waals surface area contributed by atoms with Crippen LogP contribution in [0, 0.1) is 11.7 Å². The molecule has 23 heavy (non-hydrogen) atoms. The van der Waals surface area contributed by atoms with Crippen LogP contribution in [0.1, 0.15) is 43.0 Å². The van der Waals surface area contributed by atoms with Crippen LogP contribution in [0.3, 0.4) is 0 Å². The first-order chi connectivity index (χ1) is 11.1. The largest absolute Gasteiger partial charge is 0.382 e. The van der Waals surface area contributed by atoms with Gasteiger partial charge in [0.05, 0.1) is 0 Å². The van der Waals surface area contributed by atoms with Crippen molar-refractivity contribution in [2.75, 3.05) is 26.3 Å². The molecular weight excluding hydrogens is 297 g/mol. The van der Waals surface area contributed by atoms with Crippen molar-refractivity contribution < 1.29 is 18.7 Å². The first-order valence-corrected chi connectivity index (χ1v) is 8.27. The lowest BCUT2D eigenvalue weighted by Gasteiger charge is -2.32. The van der Waals surface area contributed by atoms with Gasteiger partial charge in [-0.05, 0) is 50.5 Å². The maximum absolute atomic E-state index is 13.0. The molecule has 0 N–H and O–H groups in total. The number of carbonyl (C=O) groups excluding carboxylic acids is 2. The first-order valence-electron chi connectivity index (χ1n) is 8.27. The number of Topliss-reactive ketones (excluding diaryl/α,β-unsaturated/α-hetero) is 1. The zero-order valence-corrected chi connectivity index (χ0v) is 13.6. The first kappa shape index (κ1) is 17.6. The van der Waals surface area contributed by atoms with Gasteiger partial charge in [0.2, 0.25) is 5.91 Å². The van der Waals surface area contributed by atoms with Crippen LogP contribution in [-0.2, 0) is 9.53 Å². The van der Waals surface area contributed by atoms with Gasteiger partial charge in [-0.1, -0.05) is 0 Å². The van der Waals surface area contributed by atoms with Crippen molar-refractivity contribution in [3.63, 3.8) is 0 Å². The third-order valence-corrected chi connectivity index (χ3v) is 4.16. The van der Waals surface area contributed by atoms with Crippen molar-refractivity contribution in [2.45, 2.75) is 32.6 Å². The fourth-order valence-corrected chi connectivity index (χ4v) is 2.90. The Labute approximate surface area is 136 Å². The van der Waals surface area contributed by atoms with Gasteiger partial charge in [0.25, 0.3) is 0 Å². The summed E-state index contributed by atoms with van der Waals surface area (Å²) in [6.45, 7) is 4.35. The van der Waals surface area contributed by atoms with E-state index in [9.17, 15) is 14.0 Å². The molecule has 1 fully saturated rings. The maximum atomic E-state index is 13.0. The van der Waals surface area contributed by atoms with Crippen LogP contribution in [0.25, 0.3) is 0 Å². The number of hydrogen-bond donors (Lipinski definition) is 0. The Bertz CT molecular complexity index is 530. The van der Waals surface area contributed by atoms with E-state index in [1.165, 1.54) is 24.3 Å². The molecule has 0 aromatic heterocycles. The van der Waals surface area contributed by atoms with Gasteiger partial charge < -0.3 is 9.64 Å². The molecule has 0 bridgehead atoms. The topological polar surface area (TPSA) is 46.6 Å². The number of ketones is 1. The minimum Gasteiger partial charge on any atom is -0.382 e. The predicted octanol–water partition coefficient (Wildman–Crippen LogP) is 3.06. The zero-order chi connectivity index (χ0) is 16.7. The smallest absolute Gasteiger partial charge is 0.222 e. The van der Waals surface area contributed by atoms with Crippen LogP contribution in [0.2, 0.25) is 0 Å². The Kier molecular flexibility index (Phi) is 6.71. The van der Waals surface area contributed by atoms with Gasteiger partial charge in [-0.2, -0.15) is 0 Å². The van der Waals surface area contributed by atoms with Crippen LogP contribution < -0.4 is 0 Å². The third kappa shape index (κ3) is 5.13. The molecule has 0 aliphatic carbocycles. The molecular formula is C18H24FNO3. The van der Waals surface area contributed by atoms with Crippen molar-refractivity contribution in [3.05, 3.63) is 35.6 Å². The Morgan fingerprint density at radius 2 is 2.04 bits per heavy atom. The number of benzene rings is 1. The fraction of sp³-hybridized carbons (Fsp3) is 0.556. The number of hydrogen-bond acceptors (Lipinski definition) is 3. The van der Waals surface area contributed by atoms with E-state index < -0.39 is 0 Å². The van der Waals surface area contributed by atoms with E-state index in [2.05, 4.69) is 0 Å². The number of piperidine rings is 1. The van der Waals surface area contributed by atoms with Crippen LogP contribution in [0.4, 0.5) is 4.39 Å². The highest BCUT2D eigenvalue weighted by atomic mass is 19.1. The average Bonchev–Trinajstić information content (AvgIpc) is 2.59. The summed E-state index contributed by atoms with van der Waals surface area (Å²) >= 11 is 0. The van der Waals surface area contributed by atoms with Gasteiger partial charge in [0, 0.05) is 44.2 Å². The van der Waals surface area contributed by atoms with Crippen LogP contribution in [-0.4, -0.2) is 42.9 Å². The van der Waals surface area contributed by atoms with E-state index in [-0.39, 0.29) is 23.4 Å². The summed E-state index contributed by atoms with van der Waals surface area (Å²) in [5.41, 5.74) is 0.516. The van der Waals surface area contributed by atoms with E-state index in [0.29, 0.717) is 44.7 Å². The SMILES string of the molecule is CCOCCCC(=O)N1CCCC(C(=O)c2ccc(F)cc2)C1. The normalized spacial score (nSPS) is 18.0. The van der Waals surface area contributed by atoms with Crippen molar-refractivity contribution in [1.29, 1.82) is 0 Å². The lowest BCUT2D eigenvalue weighted by Crippen LogP contribution is -2.42. The summed E-state index contributed by atoms with van der Waals surface area (Å²) in [6, 6.07) is 5.63. The third-order valence-electron chi connectivity index (χ3n) is 4.16. The molecule has 1 unspecified atom stereocenters. The Hall–Kier alpha value is -1.75.